The highest BCUT2D eigenvalue weighted by atomic mass is 16.2. The third-order valence-electron chi connectivity index (χ3n) is 11.2. The zero-order valence-electron chi connectivity index (χ0n) is 20.9. The predicted octanol–water partition coefficient (Wildman–Crippen LogP) is 5.19. The number of nitrogens with zero attached hydrogens (tertiary/aromatic N) is 2. The SMILES string of the molecule is CN(C(=O)NC1CCCCC1)[C@H]1CC[C@H]2[C@@H]3CC[C@H]4N(C)C(=O)CC[C@]4(C)[C@H]3CC[C@]12C. The third kappa shape index (κ3) is 3.39. The van der Waals surface area contributed by atoms with Crippen LogP contribution in [-0.4, -0.2) is 54.0 Å². The molecule has 7 atom stereocenters. The van der Waals surface area contributed by atoms with Crippen molar-refractivity contribution in [2.24, 2.45) is 28.6 Å². The Balaban J connectivity index is 1.30. The number of carbonyl (C=O) groups is 2. The summed E-state index contributed by atoms with van der Waals surface area (Å²) in [5.74, 6) is 2.56. The van der Waals surface area contributed by atoms with Crippen molar-refractivity contribution in [3.05, 3.63) is 0 Å². The molecule has 180 valence electrons. The summed E-state index contributed by atoms with van der Waals surface area (Å²) in [6.07, 6.45) is 15.2. The Bertz CT molecular complexity index is 749. The first kappa shape index (κ1) is 22.5. The number of carbonyl (C=O) groups excluding carboxylic acids is 2. The maximum atomic E-state index is 13.2. The van der Waals surface area contributed by atoms with Crippen molar-refractivity contribution in [2.75, 3.05) is 14.1 Å². The van der Waals surface area contributed by atoms with Crippen LogP contribution in [0.5, 0.6) is 0 Å². The molecular formula is C27H45N3O2. The van der Waals surface area contributed by atoms with E-state index in [-0.39, 0.29) is 16.9 Å². The number of hydrogen-bond acceptors (Lipinski definition) is 2. The second-order valence-corrected chi connectivity index (χ2v) is 12.5. The number of rotatable bonds is 2. The van der Waals surface area contributed by atoms with Gasteiger partial charge >= 0.3 is 6.03 Å². The van der Waals surface area contributed by atoms with Crippen LogP contribution < -0.4 is 5.32 Å². The van der Waals surface area contributed by atoms with Gasteiger partial charge in [-0.3, -0.25) is 4.79 Å². The normalized spacial score (nSPS) is 44.4. The molecule has 0 aromatic rings. The standard InChI is InChI=1S/C27H45N3O2/c1-26-16-14-21-19(10-12-22-27(21,2)17-15-24(31)29(22)3)20(26)11-13-23(26)30(4)25(32)28-18-8-6-5-7-9-18/h18-23H,5-17H2,1-4H3,(H,28,32)/t19-,20-,21-,22+,23-,26-,27+/m0/s1. The van der Waals surface area contributed by atoms with E-state index in [1.54, 1.807) is 0 Å². The monoisotopic (exact) mass is 443 g/mol. The average molecular weight is 444 g/mol. The van der Waals surface area contributed by atoms with E-state index in [0.29, 0.717) is 24.0 Å². The van der Waals surface area contributed by atoms with Gasteiger partial charge in [0.05, 0.1) is 0 Å². The fourth-order valence-corrected chi connectivity index (χ4v) is 9.42. The van der Waals surface area contributed by atoms with Crippen LogP contribution in [0.3, 0.4) is 0 Å². The number of piperidine rings is 1. The second kappa shape index (κ2) is 8.20. The highest BCUT2D eigenvalue weighted by Gasteiger charge is 2.61. The Morgan fingerprint density at radius 3 is 2.41 bits per heavy atom. The molecule has 32 heavy (non-hydrogen) atoms. The fourth-order valence-electron chi connectivity index (χ4n) is 9.42. The molecule has 0 radical (unpaired) electrons. The molecule has 4 aliphatic carbocycles. The minimum absolute atomic E-state index is 0.161. The molecule has 1 aliphatic heterocycles. The van der Waals surface area contributed by atoms with Crippen LogP contribution in [-0.2, 0) is 4.79 Å². The van der Waals surface area contributed by atoms with Crippen molar-refractivity contribution in [1.82, 2.24) is 15.1 Å². The molecular weight excluding hydrogens is 398 g/mol. The van der Waals surface area contributed by atoms with Crippen molar-refractivity contribution in [3.63, 3.8) is 0 Å². The van der Waals surface area contributed by atoms with Crippen LogP contribution in [0.25, 0.3) is 0 Å². The summed E-state index contributed by atoms with van der Waals surface area (Å²) in [5, 5.41) is 3.37. The first-order valence-corrected chi connectivity index (χ1v) is 13.5. The first-order chi connectivity index (χ1) is 15.3. The summed E-state index contributed by atoms with van der Waals surface area (Å²) < 4.78 is 0. The van der Waals surface area contributed by atoms with Crippen LogP contribution in [0.15, 0.2) is 0 Å². The molecule has 5 rings (SSSR count). The van der Waals surface area contributed by atoms with Crippen molar-refractivity contribution in [2.45, 2.75) is 115 Å². The summed E-state index contributed by atoms with van der Waals surface area (Å²) in [5.41, 5.74) is 0.509. The number of urea groups is 1. The molecule has 3 amide bonds. The minimum Gasteiger partial charge on any atom is -0.342 e. The molecule has 0 aromatic carbocycles. The zero-order valence-corrected chi connectivity index (χ0v) is 20.9. The number of hydrogen-bond donors (Lipinski definition) is 1. The van der Waals surface area contributed by atoms with Gasteiger partial charge in [0.15, 0.2) is 0 Å². The van der Waals surface area contributed by atoms with Gasteiger partial charge in [0.1, 0.15) is 0 Å². The van der Waals surface area contributed by atoms with Crippen molar-refractivity contribution < 1.29 is 9.59 Å². The van der Waals surface area contributed by atoms with Gasteiger partial charge in [0.25, 0.3) is 0 Å². The Hall–Kier alpha value is -1.26. The Kier molecular flexibility index (Phi) is 5.77. The van der Waals surface area contributed by atoms with E-state index in [1.807, 2.05) is 7.05 Å². The lowest BCUT2D eigenvalue weighted by atomic mass is 9.47. The van der Waals surface area contributed by atoms with Gasteiger partial charge < -0.3 is 15.1 Å². The van der Waals surface area contributed by atoms with E-state index < -0.39 is 0 Å². The van der Waals surface area contributed by atoms with E-state index in [2.05, 4.69) is 36.0 Å². The van der Waals surface area contributed by atoms with Crippen LogP contribution in [0, 0.1) is 28.6 Å². The van der Waals surface area contributed by atoms with Crippen LogP contribution >= 0.6 is 0 Å². The van der Waals surface area contributed by atoms with Gasteiger partial charge in [-0.2, -0.15) is 0 Å². The smallest absolute Gasteiger partial charge is 0.317 e. The molecule has 0 bridgehead atoms. The number of fused-ring (bicyclic) bond motifs is 5. The average Bonchev–Trinajstić information content (AvgIpc) is 3.14. The maximum Gasteiger partial charge on any atom is 0.317 e. The van der Waals surface area contributed by atoms with Crippen LogP contribution in [0.1, 0.15) is 97.3 Å². The number of amides is 3. The molecule has 5 aliphatic rings. The van der Waals surface area contributed by atoms with Gasteiger partial charge in [-0.15, -0.1) is 0 Å². The largest absolute Gasteiger partial charge is 0.342 e. The van der Waals surface area contributed by atoms with E-state index in [1.165, 1.54) is 44.9 Å². The van der Waals surface area contributed by atoms with Crippen molar-refractivity contribution >= 4 is 11.9 Å². The summed E-state index contributed by atoms with van der Waals surface area (Å²) in [6.45, 7) is 5.00. The summed E-state index contributed by atoms with van der Waals surface area (Å²) in [4.78, 5) is 29.8. The second-order valence-electron chi connectivity index (χ2n) is 12.5. The number of nitrogens with one attached hydrogen (secondary N) is 1. The summed E-state index contributed by atoms with van der Waals surface area (Å²) in [7, 11) is 4.10. The molecule has 1 heterocycles. The molecule has 1 N–H and O–H groups in total. The predicted molar refractivity (Wildman–Crippen MR) is 127 cm³/mol. The lowest BCUT2D eigenvalue weighted by Gasteiger charge is -2.62. The van der Waals surface area contributed by atoms with E-state index >= 15 is 0 Å². The molecule has 5 heteroatoms. The lowest BCUT2D eigenvalue weighted by molar-refractivity contribution is -0.158. The van der Waals surface area contributed by atoms with E-state index in [4.69, 9.17) is 0 Å². The Morgan fingerprint density at radius 2 is 1.66 bits per heavy atom. The molecule has 0 spiro atoms. The molecule has 0 unspecified atom stereocenters. The van der Waals surface area contributed by atoms with Crippen LogP contribution in [0.2, 0.25) is 0 Å². The quantitative estimate of drug-likeness (QED) is 0.638. The number of likely N-dealkylation sites (tertiary alicyclic amines) is 1. The highest BCUT2D eigenvalue weighted by molar-refractivity contribution is 5.77. The molecule has 4 saturated carbocycles. The van der Waals surface area contributed by atoms with Gasteiger partial charge in [0.2, 0.25) is 5.91 Å². The Morgan fingerprint density at radius 1 is 0.938 bits per heavy atom. The summed E-state index contributed by atoms with van der Waals surface area (Å²) >= 11 is 0. The third-order valence-corrected chi connectivity index (χ3v) is 11.2. The molecule has 5 fully saturated rings. The van der Waals surface area contributed by atoms with Gasteiger partial charge in [-0.1, -0.05) is 33.1 Å². The Labute approximate surface area is 195 Å². The maximum absolute atomic E-state index is 13.2. The minimum atomic E-state index is 0.161. The molecule has 0 aromatic heterocycles. The van der Waals surface area contributed by atoms with Crippen LogP contribution in [0.4, 0.5) is 4.79 Å². The zero-order chi connectivity index (χ0) is 22.7. The van der Waals surface area contributed by atoms with Crippen molar-refractivity contribution in [1.29, 1.82) is 0 Å². The van der Waals surface area contributed by atoms with E-state index in [0.717, 1.165) is 56.3 Å². The first-order valence-electron chi connectivity index (χ1n) is 13.5. The summed E-state index contributed by atoms with van der Waals surface area (Å²) in [6, 6.07) is 1.32. The highest BCUT2D eigenvalue weighted by Crippen LogP contribution is 2.65. The van der Waals surface area contributed by atoms with Gasteiger partial charge in [-0.25, -0.2) is 4.79 Å². The molecule has 1 saturated heterocycles. The van der Waals surface area contributed by atoms with Gasteiger partial charge in [-0.05, 0) is 86.4 Å². The fraction of sp³-hybridized carbons (Fsp3) is 0.926. The topological polar surface area (TPSA) is 52.7 Å². The van der Waals surface area contributed by atoms with Crippen molar-refractivity contribution in [3.8, 4) is 0 Å². The lowest BCUT2D eigenvalue weighted by Crippen LogP contribution is -2.62. The molecule has 5 nitrogen and oxygen atoms in total. The van der Waals surface area contributed by atoms with E-state index in [9.17, 15) is 9.59 Å². The van der Waals surface area contributed by atoms with Gasteiger partial charge in [0, 0.05) is 38.6 Å².